The minimum Gasteiger partial charge on any atom is -0.423 e. The molecule has 2 aliphatic heterocycles. The van der Waals surface area contributed by atoms with Crippen molar-refractivity contribution in [2.24, 2.45) is 5.92 Å². The van der Waals surface area contributed by atoms with Gasteiger partial charge in [-0.3, -0.25) is 4.79 Å². The van der Waals surface area contributed by atoms with E-state index in [0.717, 1.165) is 31.5 Å². The van der Waals surface area contributed by atoms with Crippen molar-refractivity contribution in [3.8, 4) is 0 Å². The van der Waals surface area contributed by atoms with E-state index in [9.17, 15) is 4.79 Å². The van der Waals surface area contributed by atoms with Crippen LogP contribution in [0.15, 0.2) is 28.7 Å². The van der Waals surface area contributed by atoms with Crippen LogP contribution in [0.4, 0.5) is 0 Å². The minimum atomic E-state index is -0.136. The Bertz CT molecular complexity index is 756. The zero-order valence-corrected chi connectivity index (χ0v) is 14.6. The van der Waals surface area contributed by atoms with Crippen molar-refractivity contribution < 1.29 is 13.9 Å². The Balaban J connectivity index is 1.37. The quantitative estimate of drug-likeness (QED) is 0.858. The molecule has 132 valence electrons. The van der Waals surface area contributed by atoms with Crippen LogP contribution in [0.25, 0.3) is 0 Å². The van der Waals surface area contributed by atoms with E-state index < -0.39 is 0 Å². The first-order chi connectivity index (χ1) is 12.1. The minimum absolute atomic E-state index is 0.136. The summed E-state index contributed by atoms with van der Waals surface area (Å²) in [6.45, 7) is 5.34. The number of rotatable bonds is 3. The average Bonchev–Trinajstić information content (AvgIpc) is 3.22. The van der Waals surface area contributed by atoms with E-state index >= 15 is 0 Å². The fourth-order valence-corrected chi connectivity index (χ4v) is 3.78. The monoisotopic (exact) mass is 341 g/mol. The Kier molecular flexibility index (Phi) is 4.29. The third-order valence-electron chi connectivity index (χ3n) is 5.17. The molecule has 0 spiro atoms. The van der Waals surface area contributed by atoms with Crippen molar-refractivity contribution in [3.63, 3.8) is 0 Å². The first-order valence-corrected chi connectivity index (χ1v) is 8.87. The first-order valence-electron chi connectivity index (χ1n) is 8.87. The Morgan fingerprint density at radius 3 is 2.76 bits per heavy atom. The Labute approximate surface area is 147 Å². The van der Waals surface area contributed by atoms with E-state index in [2.05, 4.69) is 29.3 Å². The van der Waals surface area contributed by atoms with E-state index in [4.69, 9.17) is 9.15 Å². The molecule has 0 aliphatic carbocycles. The average molecular weight is 341 g/mol. The summed E-state index contributed by atoms with van der Waals surface area (Å²) in [5.74, 6) is 1.65. The predicted octanol–water partition coefficient (Wildman–Crippen LogP) is 2.61. The standard InChI is InChI=1S/C19H23N3O3/c1-12-3-5-14(6-4-12)9-18(23)22-8-7-16-15(11-22)10-17(25-16)19-21-20-13(2)24-19/h3-6,15-17H,7-11H2,1-2H3/t15-,16-,17+/m0/s1. The van der Waals surface area contributed by atoms with E-state index in [1.807, 2.05) is 17.0 Å². The fraction of sp³-hybridized carbons (Fsp3) is 0.526. The normalized spacial score (nSPS) is 25.8. The molecule has 0 radical (unpaired) electrons. The molecule has 6 nitrogen and oxygen atoms in total. The Morgan fingerprint density at radius 2 is 2.04 bits per heavy atom. The number of hydrogen-bond acceptors (Lipinski definition) is 5. The molecule has 1 aromatic carbocycles. The topological polar surface area (TPSA) is 68.5 Å². The number of likely N-dealkylation sites (tertiary alicyclic amines) is 1. The van der Waals surface area contributed by atoms with Gasteiger partial charge < -0.3 is 14.1 Å². The zero-order chi connectivity index (χ0) is 17.4. The maximum Gasteiger partial charge on any atom is 0.245 e. The molecule has 2 fully saturated rings. The zero-order valence-electron chi connectivity index (χ0n) is 14.6. The second-order valence-electron chi connectivity index (χ2n) is 7.11. The van der Waals surface area contributed by atoms with Crippen LogP contribution in [0.5, 0.6) is 0 Å². The number of aryl methyl sites for hydroxylation is 2. The van der Waals surface area contributed by atoms with Gasteiger partial charge in [0.05, 0.1) is 12.5 Å². The fourth-order valence-electron chi connectivity index (χ4n) is 3.78. The number of hydrogen-bond donors (Lipinski definition) is 0. The van der Waals surface area contributed by atoms with E-state index in [1.54, 1.807) is 6.92 Å². The van der Waals surface area contributed by atoms with Crippen molar-refractivity contribution in [3.05, 3.63) is 47.2 Å². The summed E-state index contributed by atoms with van der Waals surface area (Å²) in [5.41, 5.74) is 2.28. The molecule has 25 heavy (non-hydrogen) atoms. The molecule has 1 aromatic heterocycles. The number of carbonyl (C=O) groups is 1. The summed E-state index contributed by atoms with van der Waals surface area (Å²) >= 11 is 0. The highest BCUT2D eigenvalue weighted by molar-refractivity contribution is 5.78. The molecule has 6 heteroatoms. The molecule has 0 saturated carbocycles. The van der Waals surface area contributed by atoms with Crippen LogP contribution < -0.4 is 0 Å². The van der Waals surface area contributed by atoms with Gasteiger partial charge in [-0.15, -0.1) is 10.2 Å². The van der Waals surface area contributed by atoms with Gasteiger partial charge in [0.1, 0.15) is 6.10 Å². The number of amides is 1. The maximum absolute atomic E-state index is 12.6. The molecular weight excluding hydrogens is 318 g/mol. The summed E-state index contributed by atoms with van der Waals surface area (Å²) < 4.78 is 11.6. The third-order valence-corrected chi connectivity index (χ3v) is 5.17. The number of piperidine rings is 1. The number of nitrogens with zero attached hydrogens (tertiary/aromatic N) is 3. The van der Waals surface area contributed by atoms with E-state index in [0.29, 0.717) is 24.1 Å². The van der Waals surface area contributed by atoms with Gasteiger partial charge in [-0.2, -0.15) is 0 Å². The number of benzene rings is 1. The summed E-state index contributed by atoms with van der Waals surface area (Å²) in [6, 6.07) is 8.17. The van der Waals surface area contributed by atoms with Crippen molar-refractivity contribution in [1.29, 1.82) is 0 Å². The van der Waals surface area contributed by atoms with Gasteiger partial charge in [-0.1, -0.05) is 29.8 Å². The van der Waals surface area contributed by atoms with Crippen LogP contribution in [0, 0.1) is 19.8 Å². The number of aromatic nitrogens is 2. The summed E-state index contributed by atoms with van der Waals surface area (Å²) in [7, 11) is 0. The molecule has 0 N–H and O–H groups in total. The van der Waals surface area contributed by atoms with Crippen LogP contribution in [0.2, 0.25) is 0 Å². The highest BCUT2D eigenvalue weighted by atomic mass is 16.5. The van der Waals surface area contributed by atoms with Crippen LogP contribution >= 0.6 is 0 Å². The maximum atomic E-state index is 12.6. The second kappa shape index (κ2) is 6.59. The summed E-state index contributed by atoms with van der Waals surface area (Å²) in [6.07, 6.45) is 2.21. The lowest BCUT2D eigenvalue weighted by Gasteiger charge is -2.34. The highest BCUT2D eigenvalue weighted by Gasteiger charge is 2.42. The Hall–Kier alpha value is -2.21. The van der Waals surface area contributed by atoms with Gasteiger partial charge >= 0.3 is 0 Å². The van der Waals surface area contributed by atoms with Crippen LogP contribution in [0.1, 0.15) is 41.9 Å². The van der Waals surface area contributed by atoms with Crippen molar-refractivity contribution >= 4 is 5.91 Å². The smallest absolute Gasteiger partial charge is 0.245 e. The molecule has 1 amide bonds. The number of fused-ring (bicyclic) bond motifs is 1. The largest absolute Gasteiger partial charge is 0.423 e. The van der Waals surface area contributed by atoms with Crippen molar-refractivity contribution in [2.45, 2.75) is 45.3 Å². The first kappa shape index (κ1) is 16.3. The van der Waals surface area contributed by atoms with Crippen LogP contribution in [-0.4, -0.2) is 40.2 Å². The summed E-state index contributed by atoms with van der Waals surface area (Å²) in [5, 5.41) is 7.96. The number of carbonyl (C=O) groups excluding carboxylic acids is 1. The number of ether oxygens (including phenoxy) is 1. The van der Waals surface area contributed by atoms with Gasteiger partial charge in [-0.05, 0) is 25.3 Å². The predicted molar refractivity (Wildman–Crippen MR) is 90.8 cm³/mol. The molecule has 3 heterocycles. The van der Waals surface area contributed by atoms with Crippen LogP contribution in [0.3, 0.4) is 0 Å². The molecule has 0 unspecified atom stereocenters. The molecule has 3 atom stereocenters. The molecular formula is C19H23N3O3. The van der Waals surface area contributed by atoms with Crippen molar-refractivity contribution in [2.75, 3.05) is 13.1 Å². The van der Waals surface area contributed by atoms with Gasteiger partial charge in [0.25, 0.3) is 0 Å². The van der Waals surface area contributed by atoms with Crippen molar-refractivity contribution in [1.82, 2.24) is 15.1 Å². The van der Waals surface area contributed by atoms with Crippen LogP contribution in [-0.2, 0) is 16.0 Å². The molecule has 0 bridgehead atoms. The van der Waals surface area contributed by atoms with Gasteiger partial charge in [-0.25, -0.2) is 0 Å². The van der Waals surface area contributed by atoms with E-state index in [1.165, 1.54) is 5.56 Å². The second-order valence-corrected chi connectivity index (χ2v) is 7.11. The van der Waals surface area contributed by atoms with Gasteiger partial charge in [0.2, 0.25) is 17.7 Å². The summed E-state index contributed by atoms with van der Waals surface area (Å²) in [4.78, 5) is 14.6. The molecule has 2 aliphatic rings. The highest BCUT2D eigenvalue weighted by Crippen LogP contribution is 2.40. The molecule has 4 rings (SSSR count). The lowest BCUT2D eigenvalue weighted by molar-refractivity contribution is -0.133. The molecule has 2 saturated heterocycles. The molecule has 2 aromatic rings. The van der Waals surface area contributed by atoms with Gasteiger partial charge in [0, 0.05) is 25.9 Å². The lowest BCUT2D eigenvalue weighted by Crippen LogP contribution is -2.45. The SMILES string of the molecule is Cc1ccc(CC(=O)N2CC[C@@H]3O[C@@H](c4nnc(C)o4)C[C@H]3C2)cc1. The third kappa shape index (κ3) is 3.44. The lowest BCUT2D eigenvalue weighted by atomic mass is 9.92. The Morgan fingerprint density at radius 1 is 1.24 bits per heavy atom. The van der Waals surface area contributed by atoms with Gasteiger partial charge in [0.15, 0.2) is 0 Å². The van der Waals surface area contributed by atoms with E-state index in [-0.39, 0.29) is 18.1 Å².